The smallest absolute Gasteiger partial charge is 0.234 e. The summed E-state index contributed by atoms with van der Waals surface area (Å²) in [5, 5.41) is 8.48. The summed E-state index contributed by atoms with van der Waals surface area (Å²) in [4.78, 5) is 24.5. The lowest BCUT2D eigenvalue weighted by Crippen LogP contribution is -2.32. The summed E-state index contributed by atoms with van der Waals surface area (Å²) in [6.45, 7) is 1.98. The van der Waals surface area contributed by atoms with E-state index in [9.17, 15) is 9.59 Å². The molecule has 1 aliphatic heterocycles. The SMILES string of the molecule is CC1CC2C(=O)N(CC#N)C(=O)C2C1. The molecule has 0 bridgehead atoms. The number of nitrogens with zero attached hydrogens (tertiary/aromatic N) is 2. The van der Waals surface area contributed by atoms with E-state index in [1.807, 2.05) is 6.07 Å². The maximum absolute atomic E-state index is 11.7. The number of likely N-dealkylation sites (tertiary alicyclic amines) is 1. The van der Waals surface area contributed by atoms with Crippen LogP contribution in [0.2, 0.25) is 0 Å². The molecular formula is C10H12N2O2. The van der Waals surface area contributed by atoms with Crippen LogP contribution in [0.4, 0.5) is 0 Å². The van der Waals surface area contributed by atoms with Gasteiger partial charge in [0.1, 0.15) is 6.54 Å². The highest BCUT2D eigenvalue weighted by atomic mass is 16.2. The second-order valence-corrected chi connectivity index (χ2v) is 4.21. The second-order valence-electron chi connectivity index (χ2n) is 4.21. The highest BCUT2D eigenvalue weighted by Gasteiger charge is 2.51. The molecule has 2 atom stereocenters. The van der Waals surface area contributed by atoms with Gasteiger partial charge in [0.15, 0.2) is 0 Å². The largest absolute Gasteiger partial charge is 0.274 e. The number of hydrogen-bond acceptors (Lipinski definition) is 3. The second kappa shape index (κ2) is 3.09. The molecule has 1 aliphatic carbocycles. The summed E-state index contributed by atoms with van der Waals surface area (Å²) in [7, 11) is 0. The third-order valence-corrected chi connectivity index (χ3v) is 3.19. The maximum Gasteiger partial charge on any atom is 0.234 e. The van der Waals surface area contributed by atoms with Gasteiger partial charge in [-0.25, -0.2) is 0 Å². The van der Waals surface area contributed by atoms with Crippen molar-refractivity contribution in [3.05, 3.63) is 0 Å². The Bertz CT molecular complexity index is 308. The van der Waals surface area contributed by atoms with Crippen molar-refractivity contribution in [2.45, 2.75) is 19.8 Å². The van der Waals surface area contributed by atoms with Gasteiger partial charge in [0.2, 0.25) is 11.8 Å². The lowest BCUT2D eigenvalue weighted by Gasteiger charge is -2.12. The monoisotopic (exact) mass is 192 g/mol. The molecule has 1 heterocycles. The Morgan fingerprint density at radius 1 is 1.36 bits per heavy atom. The number of hydrogen-bond donors (Lipinski definition) is 0. The van der Waals surface area contributed by atoms with E-state index in [2.05, 4.69) is 6.92 Å². The van der Waals surface area contributed by atoms with Crippen molar-refractivity contribution in [1.82, 2.24) is 4.90 Å². The van der Waals surface area contributed by atoms with Crippen molar-refractivity contribution in [3.8, 4) is 6.07 Å². The van der Waals surface area contributed by atoms with Crippen molar-refractivity contribution >= 4 is 11.8 Å². The Morgan fingerprint density at radius 2 is 1.86 bits per heavy atom. The van der Waals surface area contributed by atoms with Gasteiger partial charge in [-0.2, -0.15) is 5.26 Å². The molecule has 0 aromatic heterocycles. The van der Waals surface area contributed by atoms with E-state index in [1.165, 1.54) is 0 Å². The molecule has 0 aromatic rings. The maximum atomic E-state index is 11.7. The van der Waals surface area contributed by atoms with Gasteiger partial charge in [0.25, 0.3) is 0 Å². The van der Waals surface area contributed by atoms with E-state index in [1.54, 1.807) is 0 Å². The molecule has 1 saturated heterocycles. The number of amides is 2. The number of nitriles is 1. The number of fused-ring (bicyclic) bond motifs is 1. The van der Waals surface area contributed by atoms with Gasteiger partial charge < -0.3 is 0 Å². The summed E-state index contributed by atoms with van der Waals surface area (Å²) in [5.74, 6) is -0.0735. The van der Waals surface area contributed by atoms with Crippen molar-refractivity contribution in [1.29, 1.82) is 5.26 Å². The van der Waals surface area contributed by atoms with Crippen molar-refractivity contribution in [2.24, 2.45) is 17.8 Å². The van der Waals surface area contributed by atoms with Crippen LogP contribution in [0.25, 0.3) is 0 Å². The van der Waals surface area contributed by atoms with Crippen LogP contribution in [0.15, 0.2) is 0 Å². The van der Waals surface area contributed by atoms with Gasteiger partial charge in [-0.3, -0.25) is 14.5 Å². The molecule has 2 fully saturated rings. The van der Waals surface area contributed by atoms with Gasteiger partial charge in [0.05, 0.1) is 17.9 Å². The number of rotatable bonds is 1. The average Bonchev–Trinajstić information content (AvgIpc) is 2.61. The minimum absolute atomic E-state index is 0.0843. The van der Waals surface area contributed by atoms with Crippen LogP contribution < -0.4 is 0 Å². The molecule has 0 radical (unpaired) electrons. The molecule has 2 aliphatic rings. The first-order valence-corrected chi connectivity index (χ1v) is 4.87. The highest BCUT2D eigenvalue weighted by molar-refractivity contribution is 6.05. The first-order chi connectivity index (χ1) is 6.65. The highest BCUT2D eigenvalue weighted by Crippen LogP contribution is 2.42. The van der Waals surface area contributed by atoms with Crippen LogP contribution in [0.5, 0.6) is 0 Å². The Kier molecular flexibility index (Phi) is 2.03. The van der Waals surface area contributed by atoms with Crippen LogP contribution in [0, 0.1) is 29.1 Å². The van der Waals surface area contributed by atoms with Crippen molar-refractivity contribution in [2.75, 3.05) is 6.54 Å². The zero-order chi connectivity index (χ0) is 10.3. The molecular weight excluding hydrogens is 180 g/mol. The van der Waals surface area contributed by atoms with Crippen molar-refractivity contribution in [3.63, 3.8) is 0 Å². The first-order valence-electron chi connectivity index (χ1n) is 4.87. The Labute approximate surface area is 82.5 Å². The van der Waals surface area contributed by atoms with E-state index < -0.39 is 0 Å². The van der Waals surface area contributed by atoms with E-state index in [4.69, 9.17) is 5.26 Å². The standard InChI is InChI=1S/C10H12N2O2/c1-6-4-7-8(5-6)10(14)12(3-2-11)9(7)13/h6-8H,3-5H2,1H3. The third kappa shape index (κ3) is 1.12. The molecule has 4 nitrogen and oxygen atoms in total. The van der Waals surface area contributed by atoms with E-state index in [0.29, 0.717) is 5.92 Å². The summed E-state index contributed by atoms with van der Waals surface area (Å²) in [5.41, 5.74) is 0. The Balaban J connectivity index is 2.21. The lowest BCUT2D eigenvalue weighted by molar-refractivity contribution is -0.139. The predicted octanol–water partition coefficient (Wildman–Crippen LogP) is 0.541. The molecule has 14 heavy (non-hydrogen) atoms. The Hall–Kier alpha value is -1.37. The average molecular weight is 192 g/mol. The van der Waals surface area contributed by atoms with E-state index in [0.717, 1.165) is 17.7 Å². The lowest BCUT2D eigenvalue weighted by atomic mass is 10.00. The molecule has 74 valence electrons. The van der Waals surface area contributed by atoms with Gasteiger partial charge in [-0.15, -0.1) is 0 Å². The molecule has 2 rings (SSSR count). The zero-order valence-electron chi connectivity index (χ0n) is 8.06. The third-order valence-electron chi connectivity index (χ3n) is 3.19. The van der Waals surface area contributed by atoms with Gasteiger partial charge in [-0.1, -0.05) is 6.92 Å². The minimum Gasteiger partial charge on any atom is -0.274 e. The molecule has 2 amide bonds. The fraction of sp³-hybridized carbons (Fsp3) is 0.700. The van der Waals surface area contributed by atoms with Crippen molar-refractivity contribution < 1.29 is 9.59 Å². The van der Waals surface area contributed by atoms with Crippen LogP contribution in [0.3, 0.4) is 0 Å². The van der Waals surface area contributed by atoms with Crippen LogP contribution in [-0.4, -0.2) is 23.3 Å². The molecule has 0 spiro atoms. The normalized spacial score (nSPS) is 36.0. The van der Waals surface area contributed by atoms with Gasteiger partial charge >= 0.3 is 0 Å². The molecule has 4 heteroatoms. The fourth-order valence-electron chi connectivity index (χ4n) is 2.57. The molecule has 1 saturated carbocycles. The summed E-state index contributed by atoms with van der Waals surface area (Å²) in [6, 6.07) is 1.86. The quantitative estimate of drug-likeness (QED) is 0.450. The van der Waals surface area contributed by atoms with Crippen LogP contribution >= 0.6 is 0 Å². The predicted molar refractivity (Wildman–Crippen MR) is 47.7 cm³/mol. The fourth-order valence-corrected chi connectivity index (χ4v) is 2.57. The number of carbonyl (C=O) groups is 2. The molecule has 0 aromatic carbocycles. The molecule has 0 N–H and O–H groups in total. The number of imide groups is 1. The topological polar surface area (TPSA) is 61.2 Å². The van der Waals surface area contributed by atoms with E-state index >= 15 is 0 Å². The zero-order valence-corrected chi connectivity index (χ0v) is 8.06. The Morgan fingerprint density at radius 3 is 2.29 bits per heavy atom. The van der Waals surface area contributed by atoms with E-state index in [-0.39, 0.29) is 30.2 Å². The van der Waals surface area contributed by atoms with Gasteiger partial charge in [0, 0.05) is 0 Å². The summed E-state index contributed by atoms with van der Waals surface area (Å²) >= 11 is 0. The summed E-state index contributed by atoms with van der Waals surface area (Å²) < 4.78 is 0. The van der Waals surface area contributed by atoms with Crippen LogP contribution in [0.1, 0.15) is 19.8 Å². The summed E-state index contributed by atoms with van der Waals surface area (Å²) in [6.07, 6.45) is 1.61. The minimum atomic E-state index is -0.133. The number of carbonyl (C=O) groups excluding carboxylic acids is 2. The first kappa shape index (κ1) is 9.20. The van der Waals surface area contributed by atoms with Crippen LogP contribution in [-0.2, 0) is 9.59 Å². The van der Waals surface area contributed by atoms with Gasteiger partial charge in [-0.05, 0) is 18.8 Å². The molecule has 2 unspecified atom stereocenters.